The highest BCUT2D eigenvalue weighted by Crippen LogP contribution is 2.38. The van der Waals surface area contributed by atoms with Crippen LogP contribution in [-0.4, -0.2) is 49.6 Å². The van der Waals surface area contributed by atoms with Crippen LogP contribution in [0, 0.1) is 0 Å². The van der Waals surface area contributed by atoms with Crippen molar-refractivity contribution in [1.29, 1.82) is 0 Å². The number of ether oxygens (including phenoxy) is 2. The lowest BCUT2D eigenvalue weighted by Gasteiger charge is -2.30. The largest absolute Gasteiger partial charge is 0.496 e. The van der Waals surface area contributed by atoms with E-state index >= 15 is 0 Å². The number of amides is 2. The molecule has 0 unspecified atom stereocenters. The van der Waals surface area contributed by atoms with E-state index in [0.717, 1.165) is 16.7 Å². The monoisotopic (exact) mass is 385 g/mol. The van der Waals surface area contributed by atoms with Gasteiger partial charge in [0.15, 0.2) is 6.29 Å². The SMILES string of the molecule is CNC(=O)N1CCc2c(-c3cc(OC)c(C=O)cc3OC)cn(C)c(=O)c2C1. The highest BCUT2D eigenvalue weighted by Gasteiger charge is 2.27. The molecule has 8 nitrogen and oxygen atoms in total. The fourth-order valence-corrected chi connectivity index (χ4v) is 3.59. The lowest BCUT2D eigenvalue weighted by atomic mass is 9.91. The van der Waals surface area contributed by atoms with Crippen molar-refractivity contribution in [1.82, 2.24) is 14.8 Å². The second-order valence-corrected chi connectivity index (χ2v) is 6.55. The number of benzene rings is 1. The van der Waals surface area contributed by atoms with E-state index in [9.17, 15) is 14.4 Å². The van der Waals surface area contributed by atoms with Crippen molar-refractivity contribution >= 4 is 12.3 Å². The zero-order chi connectivity index (χ0) is 20.4. The number of urea groups is 1. The number of aldehydes is 1. The molecule has 0 saturated heterocycles. The predicted octanol–water partition coefficient (Wildman–Crippen LogP) is 1.58. The lowest BCUT2D eigenvalue weighted by molar-refractivity contribution is 0.112. The van der Waals surface area contributed by atoms with Crippen molar-refractivity contribution in [2.24, 2.45) is 7.05 Å². The van der Waals surface area contributed by atoms with Gasteiger partial charge in [0.2, 0.25) is 0 Å². The number of fused-ring (bicyclic) bond motifs is 1. The van der Waals surface area contributed by atoms with Crippen LogP contribution in [-0.2, 0) is 20.0 Å². The van der Waals surface area contributed by atoms with Crippen LogP contribution in [0.1, 0.15) is 21.5 Å². The number of nitrogens with zero attached hydrogens (tertiary/aromatic N) is 2. The number of aromatic nitrogens is 1. The molecule has 1 aromatic carbocycles. The van der Waals surface area contributed by atoms with E-state index in [2.05, 4.69) is 5.32 Å². The highest BCUT2D eigenvalue weighted by atomic mass is 16.5. The summed E-state index contributed by atoms with van der Waals surface area (Å²) in [6, 6.07) is 3.15. The average Bonchev–Trinajstić information content (AvgIpc) is 2.74. The van der Waals surface area contributed by atoms with Gasteiger partial charge in [0.1, 0.15) is 11.5 Å². The third kappa shape index (κ3) is 3.21. The van der Waals surface area contributed by atoms with Gasteiger partial charge in [-0.15, -0.1) is 0 Å². The summed E-state index contributed by atoms with van der Waals surface area (Å²) in [6.45, 7) is 0.736. The van der Waals surface area contributed by atoms with E-state index < -0.39 is 0 Å². The summed E-state index contributed by atoms with van der Waals surface area (Å²) in [4.78, 5) is 37.7. The first-order valence-corrected chi connectivity index (χ1v) is 8.84. The zero-order valence-electron chi connectivity index (χ0n) is 16.4. The maximum Gasteiger partial charge on any atom is 0.317 e. The summed E-state index contributed by atoms with van der Waals surface area (Å²) in [6.07, 6.45) is 3.01. The molecule has 3 rings (SSSR count). The summed E-state index contributed by atoms with van der Waals surface area (Å²) < 4.78 is 12.3. The smallest absolute Gasteiger partial charge is 0.317 e. The van der Waals surface area contributed by atoms with E-state index in [4.69, 9.17) is 9.47 Å². The molecule has 8 heteroatoms. The Bertz CT molecular complexity index is 996. The molecular formula is C20H23N3O5. The molecular weight excluding hydrogens is 362 g/mol. The lowest BCUT2D eigenvalue weighted by Crippen LogP contribution is -2.44. The van der Waals surface area contributed by atoms with Crippen molar-refractivity contribution in [3.05, 3.63) is 45.4 Å². The fraction of sp³-hybridized carbons (Fsp3) is 0.350. The molecule has 0 fully saturated rings. The van der Waals surface area contributed by atoms with Crippen LogP contribution in [0.5, 0.6) is 11.5 Å². The van der Waals surface area contributed by atoms with Gasteiger partial charge in [-0.25, -0.2) is 4.79 Å². The molecule has 2 amide bonds. The second kappa shape index (κ2) is 7.75. The third-order valence-corrected chi connectivity index (χ3v) is 5.04. The Morgan fingerprint density at radius 2 is 1.86 bits per heavy atom. The summed E-state index contributed by atoms with van der Waals surface area (Å²) >= 11 is 0. The van der Waals surface area contributed by atoms with Gasteiger partial charge >= 0.3 is 6.03 Å². The van der Waals surface area contributed by atoms with E-state index in [1.807, 2.05) is 0 Å². The molecule has 2 heterocycles. The fourth-order valence-electron chi connectivity index (χ4n) is 3.59. The first-order valence-electron chi connectivity index (χ1n) is 8.84. The van der Waals surface area contributed by atoms with E-state index in [-0.39, 0.29) is 18.1 Å². The maximum absolute atomic E-state index is 12.7. The minimum atomic E-state index is -0.215. The van der Waals surface area contributed by atoms with Crippen LogP contribution in [0.4, 0.5) is 4.79 Å². The zero-order valence-corrected chi connectivity index (χ0v) is 16.4. The van der Waals surface area contributed by atoms with E-state index in [0.29, 0.717) is 41.9 Å². The minimum Gasteiger partial charge on any atom is -0.496 e. The van der Waals surface area contributed by atoms with Crippen molar-refractivity contribution in [3.8, 4) is 22.6 Å². The predicted molar refractivity (Wildman–Crippen MR) is 104 cm³/mol. The van der Waals surface area contributed by atoms with Crippen LogP contribution in [0.3, 0.4) is 0 Å². The number of nitrogens with one attached hydrogen (secondary N) is 1. The molecule has 0 atom stereocenters. The van der Waals surface area contributed by atoms with E-state index in [1.165, 1.54) is 18.8 Å². The molecule has 1 aromatic heterocycles. The van der Waals surface area contributed by atoms with E-state index in [1.54, 1.807) is 37.3 Å². The molecule has 2 aromatic rings. The van der Waals surface area contributed by atoms with Crippen molar-refractivity contribution in [2.45, 2.75) is 13.0 Å². The Morgan fingerprint density at radius 1 is 1.14 bits per heavy atom. The molecule has 0 saturated carbocycles. The average molecular weight is 385 g/mol. The Morgan fingerprint density at radius 3 is 2.46 bits per heavy atom. The van der Waals surface area contributed by atoms with Gasteiger partial charge in [0, 0.05) is 43.5 Å². The number of carbonyl (C=O) groups is 2. The van der Waals surface area contributed by atoms with Gasteiger partial charge in [0.05, 0.1) is 26.3 Å². The Hall–Kier alpha value is -3.29. The van der Waals surface area contributed by atoms with Crippen LogP contribution in [0.25, 0.3) is 11.1 Å². The number of hydrogen-bond acceptors (Lipinski definition) is 5. The topological polar surface area (TPSA) is 89.9 Å². The summed E-state index contributed by atoms with van der Waals surface area (Å²) in [5, 5.41) is 2.60. The minimum absolute atomic E-state index is 0.136. The Labute approximate surface area is 162 Å². The second-order valence-electron chi connectivity index (χ2n) is 6.55. The van der Waals surface area contributed by atoms with Crippen LogP contribution >= 0.6 is 0 Å². The molecule has 0 radical (unpaired) electrons. The number of aryl methyl sites for hydroxylation is 1. The van der Waals surface area contributed by atoms with Crippen molar-refractivity contribution in [3.63, 3.8) is 0 Å². The molecule has 0 spiro atoms. The quantitative estimate of drug-likeness (QED) is 0.807. The van der Waals surface area contributed by atoms with Crippen LogP contribution in [0.15, 0.2) is 23.1 Å². The van der Waals surface area contributed by atoms with Gasteiger partial charge in [0.25, 0.3) is 5.56 Å². The number of rotatable bonds is 4. The normalized spacial score (nSPS) is 12.9. The van der Waals surface area contributed by atoms with Crippen LogP contribution in [0.2, 0.25) is 0 Å². The number of methoxy groups -OCH3 is 2. The van der Waals surface area contributed by atoms with Gasteiger partial charge in [-0.3, -0.25) is 9.59 Å². The van der Waals surface area contributed by atoms with Gasteiger partial charge in [-0.05, 0) is 24.1 Å². The molecule has 1 aliphatic rings. The number of carbonyl (C=O) groups excluding carboxylic acids is 2. The molecule has 28 heavy (non-hydrogen) atoms. The highest BCUT2D eigenvalue weighted by molar-refractivity contribution is 5.86. The third-order valence-electron chi connectivity index (χ3n) is 5.04. The summed E-state index contributed by atoms with van der Waals surface area (Å²) in [5.74, 6) is 0.939. The molecule has 1 N–H and O–H groups in total. The molecule has 0 aliphatic carbocycles. The standard InChI is InChI=1S/C20H23N3O5/c1-21-20(26)23-6-5-13-15(9-22(2)19(25)16(13)10-23)14-8-17(27-3)12(11-24)7-18(14)28-4/h7-9,11H,5-6,10H2,1-4H3,(H,21,26). The first kappa shape index (κ1) is 19.5. The molecule has 0 bridgehead atoms. The summed E-state index contributed by atoms with van der Waals surface area (Å²) in [5.41, 5.74) is 3.25. The number of pyridine rings is 1. The molecule has 1 aliphatic heterocycles. The molecule has 148 valence electrons. The Balaban J connectivity index is 2.23. The van der Waals surface area contributed by atoms with Crippen LogP contribution < -0.4 is 20.3 Å². The van der Waals surface area contributed by atoms with Crippen molar-refractivity contribution in [2.75, 3.05) is 27.8 Å². The van der Waals surface area contributed by atoms with Gasteiger partial charge in [-0.2, -0.15) is 0 Å². The van der Waals surface area contributed by atoms with Crippen molar-refractivity contribution < 1.29 is 19.1 Å². The number of hydrogen-bond donors (Lipinski definition) is 1. The maximum atomic E-state index is 12.7. The van der Waals surface area contributed by atoms with Gasteiger partial charge < -0.3 is 24.3 Å². The first-order chi connectivity index (χ1) is 13.4. The van der Waals surface area contributed by atoms with Gasteiger partial charge in [-0.1, -0.05) is 0 Å². The Kier molecular flexibility index (Phi) is 5.39. The summed E-state index contributed by atoms with van der Waals surface area (Å²) in [7, 11) is 6.27.